The molecule has 1 aromatic carbocycles. The number of hydrogen-bond acceptors (Lipinski definition) is 0. The Morgan fingerprint density at radius 2 is 2.15 bits per heavy atom. The average molecular weight is 168 g/mol. The van der Waals surface area contributed by atoms with Crippen molar-refractivity contribution >= 4 is 17.7 Å². The van der Waals surface area contributed by atoms with E-state index in [0.29, 0.717) is 0 Å². The van der Waals surface area contributed by atoms with Crippen LogP contribution in [0.3, 0.4) is 0 Å². The minimum Gasteiger partial charge on any atom is -0.0984 e. The van der Waals surface area contributed by atoms with Gasteiger partial charge in [0.15, 0.2) is 0 Å². The highest BCUT2D eigenvalue weighted by Gasteiger charge is 2.09. The average Bonchev–Trinajstić information content (AvgIpc) is 2.18. The lowest BCUT2D eigenvalue weighted by Crippen LogP contribution is -1.94. The maximum atomic E-state index is 4.05. The molecule has 0 aromatic heterocycles. The van der Waals surface area contributed by atoms with Gasteiger partial charge in [-0.1, -0.05) is 49.6 Å². The third-order valence-electron chi connectivity index (χ3n) is 2.39. The van der Waals surface area contributed by atoms with E-state index in [1.165, 1.54) is 22.3 Å². The first kappa shape index (κ1) is 8.06. The molecule has 0 saturated heterocycles. The molecule has 0 amide bonds. The zero-order valence-corrected chi connectivity index (χ0v) is 7.59. The van der Waals surface area contributed by atoms with Crippen molar-refractivity contribution in [1.82, 2.24) is 0 Å². The largest absolute Gasteiger partial charge is 0.0984 e. The third-order valence-corrected chi connectivity index (χ3v) is 2.39. The van der Waals surface area contributed by atoms with E-state index in [1.807, 2.05) is 6.08 Å². The lowest BCUT2D eigenvalue weighted by Gasteiger charge is -2.14. The van der Waals surface area contributed by atoms with Crippen LogP contribution in [0.2, 0.25) is 0 Å². The maximum absolute atomic E-state index is 4.05. The summed E-state index contributed by atoms with van der Waals surface area (Å²) in [6, 6.07) is 6.25. The summed E-state index contributed by atoms with van der Waals surface area (Å²) in [5, 5.41) is 0. The van der Waals surface area contributed by atoms with Crippen molar-refractivity contribution < 1.29 is 0 Å². The summed E-state index contributed by atoms with van der Waals surface area (Å²) in [5.74, 6) is 0. The molecule has 0 fully saturated rings. The normalized spacial score (nSPS) is 14.0. The molecule has 13 heavy (non-hydrogen) atoms. The maximum Gasteiger partial charge on any atom is -0.00938 e. The summed E-state index contributed by atoms with van der Waals surface area (Å²) in [7, 11) is 0. The smallest absolute Gasteiger partial charge is 0.00938 e. The van der Waals surface area contributed by atoms with E-state index in [4.69, 9.17) is 0 Å². The number of allylic oxidation sites excluding steroid dienone is 2. The first-order chi connectivity index (χ1) is 6.33. The summed E-state index contributed by atoms with van der Waals surface area (Å²) < 4.78 is 0. The van der Waals surface area contributed by atoms with Crippen molar-refractivity contribution in [3.8, 4) is 0 Å². The molecule has 2 rings (SSSR count). The van der Waals surface area contributed by atoms with Crippen molar-refractivity contribution in [3.63, 3.8) is 0 Å². The lowest BCUT2D eigenvalue weighted by molar-refractivity contribution is 1.36. The SMILES string of the molecule is C=Cc1cccc2c1C=CCC2=C. The van der Waals surface area contributed by atoms with Gasteiger partial charge in [-0.05, 0) is 28.7 Å². The molecule has 0 N–H and O–H groups in total. The molecule has 1 aliphatic rings. The molecule has 0 nitrogen and oxygen atoms in total. The third kappa shape index (κ3) is 1.25. The number of rotatable bonds is 1. The molecule has 0 spiro atoms. The number of benzene rings is 1. The van der Waals surface area contributed by atoms with Crippen molar-refractivity contribution in [3.05, 3.63) is 54.1 Å². The van der Waals surface area contributed by atoms with Crippen molar-refractivity contribution in [2.45, 2.75) is 6.42 Å². The Morgan fingerprint density at radius 3 is 2.92 bits per heavy atom. The fraction of sp³-hybridized carbons (Fsp3) is 0.0769. The van der Waals surface area contributed by atoms with Crippen LogP contribution in [0.1, 0.15) is 23.1 Å². The zero-order chi connectivity index (χ0) is 9.26. The van der Waals surface area contributed by atoms with Crippen LogP contribution in [0.25, 0.3) is 17.7 Å². The van der Waals surface area contributed by atoms with Crippen LogP contribution < -0.4 is 0 Å². The van der Waals surface area contributed by atoms with Crippen LogP contribution in [0.5, 0.6) is 0 Å². The molecule has 0 saturated carbocycles. The Balaban J connectivity index is 2.69. The van der Waals surface area contributed by atoms with Gasteiger partial charge in [-0.3, -0.25) is 0 Å². The topological polar surface area (TPSA) is 0 Å². The Bertz CT molecular complexity index is 394. The molecule has 64 valence electrons. The predicted octanol–water partition coefficient (Wildman–Crippen LogP) is 3.76. The predicted molar refractivity (Wildman–Crippen MR) is 59.2 cm³/mol. The van der Waals surface area contributed by atoms with Gasteiger partial charge >= 0.3 is 0 Å². The van der Waals surface area contributed by atoms with Gasteiger partial charge in [-0.25, -0.2) is 0 Å². The summed E-state index contributed by atoms with van der Waals surface area (Å²) in [6.07, 6.45) is 7.16. The second-order valence-corrected chi connectivity index (χ2v) is 3.22. The van der Waals surface area contributed by atoms with E-state index in [-0.39, 0.29) is 0 Å². The van der Waals surface area contributed by atoms with E-state index >= 15 is 0 Å². The molecular weight excluding hydrogens is 156 g/mol. The standard InChI is InChI=1S/C13H12/c1-3-11-7-5-8-12-10(2)6-4-9-13(11)12/h3-5,7-9H,1-2,6H2. The fourth-order valence-electron chi connectivity index (χ4n) is 1.68. The van der Waals surface area contributed by atoms with Crippen molar-refractivity contribution in [2.24, 2.45) is 0 Å². The summed E-state index contributed by atoms with van der Waals surface area (Å²) in [6.45, 7) is 7.85. The van der Waals surface area contributed by atoms with Gasteiger partial charge in [-0.2, -0.15) is 0 Å². The van der Waals surface area contributed by atoms with Gasteiger partial charge in [0.1, 0.15) is 0 Å². The van der Waals surface area contributed by atoms with Crippen LogP contribution in [0.4, 0.5) is 0 Å². The monoisotopic (exact) mass is 168 g/mol. The van der Waals surface area contributed by atoms with E-state index in [1.54, 1.807) is 0 Å². The van der Waals surface area contributed by atoms with Crippen LogP contribution in [0, 0.1) is 0 Å². The van der Waals surface area contributed by atoms with Gasteiger partial charge in [0.25, 0.3) is 0 Å². The Kier molecular flexibility index (Phi) is 1.90. The van der Waals surface area contributed by atoms with E-state index in [9.17, 15) is 0 Å². The first-order valence-electron chi connectivity index (χ1n) is 4.43. The van der Waals surface area contributed by atoms with Crippen LogP contribution in [-0.2, 0) is 0 Å². The highest BCUT2D eigenvalue weighted by molar-refractivity contribution is 5.82. The number of fused-ring (bicyclic) bond motifs is 1. The van der Waals surface area contributed by atoms with E-state index < -0.39 is 0 Å². The van der Waals surface area contributed by atoms with Crippen molar-refractivity contribution in [1.29, 1.82) is 0 Å². The molecule has 0 unspecified atom stereocenters. The van der Waals surface area contributed by atoms with Crippen LogP contribution in [-0.4, -0.2) is 0 Å². The van der Waals surface area contributed by atoms with Crippen LogP contribution in [0.15, 0.2) is 37.4 Å². The van der Waals surface area contributed by atoms with Gasteiger partial charge in [0.2, 0.25) is 0 Å². The summed E-state index contributed by atoms with van der Waals surface area (Å²) >= 11 is 0. The Hall–Kier alpha value is -1.56. The molecule has 1 aromatic rings. The molecule has 0 radical (unpaired) electrons. The summed E-state index contributed by atoms with van der Waals surface area (Å²) in [5.41, 5.74) is 4.91. The second-order valence-electron chi connectivity index (χ2n) is 3.22. The molecule has 0 heterocycles. The molecular formula is C13H12. The minimum absolute atomic E-state index is 0.966. The molecule has 0 heteroatoms. The van der Waals surface area contributed by atoms with E-state index in [2.05, 4.69) is 43.5 Å². The van der Waals surface area contributed by atoms with E-state index in [0.717, 1.165) is 6.42 Å². The lowest BCUT2D eigenvalue weighted by atomic mass is 9.90. The van der Waals surface area contributed by atoms with Crippen molar-refractivity contribution in [2.75, 3.05) is 0 Å². The Morgan fingerprint density at radius 1 is 1.31 bits per heavy atom. The fourth-order valence-corrected chi connectivity index (χ4v) is 1.68. The molecule has 0 atom stereocenters. The summed E-state index contributed by atoms with van der Waals surface area (Å²) in [4.78, 5) is 0. The highest BCUT2D eigenvalue weighted by Crippen LogP contribution is 2.29. The number of hydrogen-bond donors (Lipinski definition) is 0. The van der Waals surface area contributed by atoms with Gasteiger partial charge in [0, 0.05) is 0 Å². The minimum atomic E-state index is 0.966. The molecule has 0 bridgehead atoms. The van der Waals surface area contributed by atoms with Gasteiger partial charge < -0.3 is 0 Å². The zero-order valence-electron chi connectivity index (χ0n) is 7.59. The van der Waals surface area contributed by atoms with Gasteiger partial charge in [-0.15, -0.1) is 0 Å². The first-order valence-corrected chi connectivity index (χ1v) is 4.43. The molecule has 1 aliphatic carbocycles. The van der Waals surface area contributed by atoms with Crippen LogP contribution >= 0.6 is 0 Å². The highest BCUT2D eigenvalue weighted by atomic mass is 14.1. The Labute approximate surface area is 78.9 Å². The quantitative estimate of drug-likeness (QED) is 0.599. The van der Waals surface area contributed by atoms with Gasteiger partial charge in [0.05, 0.1) is 0 Å². The molecule has 0 aliphatic heterocycles. The second kappa shape index (κ2) is 3.06.